The minimum absolute atomic E-state index is 0.128. The number of anilines is 2. The summed E-state index contributed by atoms with van der Waals surface area (Å²) in [7, 11) is 0. The number of aromatic nitrogens is 2. The number of hydrogen-bond donors (Lipinski definition) is 0. The lowest BCUT2D eigenvalue weighted by Crippen LogP contribution is -2.49. The zero-order chi connectivity index (χ0) is 18.8. The maximum Gasteiger partial charge on any atom is 0.236 e. The molecule has 1 amide bonds. The van der Waals surface area contributed by atoms with Gasteiger partial charge in [0, 0.05) is 36.3 Å². The molecular formula is C20H19FN4O2. The van der Waals surface area contributed by atoms with Crippen LogP contribution < -0.4 is 9.80 Å². The van der Waals surface area contributed by atoms with Crippen LogP contribution in [0.5, 0.6) is 0 Å². The highest BCUT2D eigenvalue weighted by Crippen LogP contribution is 2.54. The Morgan fingerprint density at radius 3 is 2.85 bits per heavy atom. The number of rotatable bonds is 3. The van der Waals surface area contributed by atoms with E-state index in [2.05, 4.69) is 9.97 Å². The Kier molecular flexibility index (Phi) is 3.38. The monoisotopic (exact) mass is 366 g/mol. The minimum atomic E-state index is -0.633. The van der Waals surface area contributed by atoms with E-state index in [-0.39, 0.29) is 18.0 Å². The molecule has 138 valence electrons. The molecule has 1 aliphatic carbocycles. The number of aldehydes is 1. The van der Waals surface area contributed by atoms with Gasteiger partial charge in [-0.15, -0.1) is 0 Å². The van der Waals surface area contributed by atoms with Crippen LogP contribution in [0, 0.1) is 11.4 Å². The fourth-order valence-corrected chi connectivity index (χ4v) is 4.24. The predicted octanol–water partition coefficient (Wildman–Crippen LogP) is 2.53. The molecule has 0 radical (unpaired) electrons. The normalized spacial score (nSPS) is 22.0. The Hall–Kier alpha value is -2.83. The van der Waals surface area contributed by atoms with Gasteiger partial charge in [0.05, 0.1) is 29.4 Å². The number of carbonyl (C=O) groups excluding carboxylic acids is 2. The Bertz CT molecular complexity index is 964. The highest BCUT2D eigenvalue weighted by Gasteiger charge is 2.53. The Morgan fingerprint density at radius 1 is 1.37 bits per heavy atom. The van der Waals surface area contributed by atoms with Crippen LogP contribution in [0.3, 0.4) is 0 Å². The SMILES string of the molecule is CC1C(=O)N(CC=O)c2cc(N3CC4(CC4)C3)nc(F)c2-c2cccnc21. The van der Waals surface area contributed by atoms with Crippen molar-refractivity contribution in [2.24, 2.45) is 5.41 Å². The summed E-state index contributed by atoms with van der Waals surface area (Å²) in [6.07, 6.45) is 4.68. The Balaban J connectivity index is 1.69. The second-order valence-corrected chi connectivity index (χ2v) is 7.79. The number of pyridine rings is 2. The van der Waals surface area contributed by atoms with Crippen LogP contribution in [0.2, 0.25) is 0 Å². The number of nitrogens with zero attached hydrogens (tertiary/aromatic N) is 4. The third kappa shape index (κ3) is 2.37. The van der Waals surface area contributed by atoms with Gasteiger partial charge in [0.15, 0.2) is 0 Å². The van der Waals surface area contributed by atoms with Gasteiger partial charge in [-0.25, -0.2) is 4.98 Å². The van der Waals surface area contributed by atoms with Crippen molar-refractivity contribution in [1.29, 1.82) is 0 Å². The van der Waals surface area contributed by atoms with Gasteiger partial charge in [-0.3, -0.25) is 9.78 Å². The summed E-state index contributed by atoms with van der Waals surface area (Å²) in [6.45, 7) is 3.34. The smallest absolute Gasteiger partial charge is 0.236 e. The molecular weight excluding hydrogens is 347 g/mol. The molecule has 2 aromatic heterocycles. The van der Waals surface area contributed by atoms with Gasteiger partial charge in [0.2, 0.25) is 11.9 Å². The maximum atomic E-state index is 15.2. The van der Waals surface area contributed by atoms with Crippen LogP contribution in [-0.2, 0) is 9.59 Å². The van der Waals surface area contributed by atoms with Crippen LogP contribution in [0.1, 0.15) is 31.4 Å². The van der Waals surface area contributed by atoms with Crippen LogP contribution in [0.4, 0.5) is 15.9 Å². The molecule has 1 atom stereocenters. The third-order valence-corrected chi connectivity index (χ3v) is 5.98. The molecule has 2 aliphatic heterocycles. The van der Waals surface area contributed by atoms with E-state index in [0.717, 1.165) is 13.1 Å². The second-order valence-electron chi connectivity index (χ2n) is 7.79. The van der Waals surface area contributed by atoms with Gasteiger partial charge in [-0.1, -0.05) is 6.07 Å². The molecule has 2 aromatic rings. The molecule has 6 nitrogen and oxygen atoms in total. The first-order valence-electron chi connectivity index (χ1n) is 9.19. The zero-order valence-electron chi connectivity index (χ0n) is 15.0. The summed E-state index contributed by atoms with van der Waals surface area (Å²) in [6, 6.07) is 5.21. The van der Waals surface area contributed by atoms with E-state index in [1.54, 1.807) is 31.3 Å². The van der Waals surface area contributed by atoms with Gasteiger partial charge in [-0.05, 0) is 25.8 Å². The van der Waals surface area contributed by atoms with Gasteiger partial charge in [0.1, 0.15) is 12.1 Å². The molecule has 4 heterocycles. The van der Waals surface area contributed by atoms with Crippen LogP contribution in [-0.4, -0.2) is 41.8 Å². The molecule has 0 bridgehead atoms. The van der Waals surface area contributed by atoms with Crippen molar-refractivity contribution in [3.05, 3.63) is 36.0 Å². The Morgan fingerprint density at radius 2 is 2.15 bits per heavy atom. The van der Waals surface area contributed by atoms with Gasteiger partial charge in [-0.2, -0.15) is 4.39 Å². The summed E-state index contributed by atoms with van der Waals surface area (Å²) in [4.78, 5) is 36.2. The van der Waals surface area contributed by atoms with Gasteiger partial charge in [0.25, 0.3) is 0 Å². The van der Waals surface area contributed by atoms with Crippen molar-refractivity contribution < 1.29 is 14.0 Å². The van der Waals surface area contributed by atoms with E-state index in [1.165, 1.54) is 17.7 Å². The second kappa shape index (κ2) is 5.58. The largest absolute Gasteiger partial charge is 0.355 e. The van der Waals surface area contributed by atoms with E-state index in [4.69, 9.17) is 0 Å². The molecule has 0 aromatic carbocycles. The number of carbonyl (C=O) groups is 2. The van der Waals surface area contributed by atoms with E-state index in [1.807, 2.05) is 4.90 Å². The van der Waals surface area contributed by atoms with Crippen LogP contribution >= 0.6 is 0 Å². The first-order chi connectivity index (χ1) is 13.0. The first kappa shape index (κ1) is 16.4. The fraction of sp³-hybridized carbons (Fsp3) is 0.400. The van der Waals surface area contributed by atoms with Crippen molar-refractivity contribution in [2.75, 3.05) is 29.4 Å². The maximum absolute atomic E-state index is 15.2. The van der Waals surface area contributed by atoms with Crippen molar-refractivity contribution in [1.82, 2.24) is 9.97 Å². The molecule has 0 N–H and O–H groups in total. The molecule has 1 saturated heterocycles. The van der Waals surface area contributed by atoms with Gasteiger partial charge >= 0.3 is 0 Å². The summed E-state index contributed by atoms with van der Waals surface area (Å²) in [5.74, 6) is -0.950. The molecule has 27 heavy (non-hydrogen) atoms. The minimum Gasteiger partial charge on any atom is -0.355 e. The third-order valence-electron chi connectivity index (χ3n) is 5.98. The van der Waals surface area contributed by atoms with E-state index >= 15 is 4.39 Å². The van der Waals surface area contributed by atoms with E-state index in [0.29, 0.717) is 34.5 Å². The first-order valence-corrected chi connectivity index (χ1v) is 9.19. The zero-order valence-corrected chi connectivity index (χ0v) is 15.0. The highest BCUT2D eigenvalue weighted by atomic mass is 19.1. The van der Waals surface area contributed by atoms with Gasteiger partial charge < -0.3 is 14.6 Å². The molecule has 2 fully saturated rings. The lowest BCUT2D eigenvalue weighted by molar-refractivity contribution is -0.120. The summed E-state index contributed by atoms with van der Waals surface area (Å²) in [5, 5.41) is 0. The summed E-state index contributed by atoms with van der Waals surface area (Å²) in [5.41, 5.74) is 2.09. The molecule has 1 saturated carbocycles. The van der Waals surface area contributed by atoms with Crippen molar-refractivity contribution in [3.8, 4) is 11.1 Å². The van der Waals surface area contributed by atoms with Crippen molar-refractivity contribution >= 4 is 23.7 Å². The number of fused-ring (bicyclic) bond motifs is 3. The highest BCUT2D eigenvalue weighted by molar-refractivity contribution is 6.06. The van der Waals surface area contributed by atoms with Crippen molar-refractivity contribution in [2.45, 2.75) is 25.7 Å². The summed E-state index contributed by atoms with van der Waals surface area (Å²) < 4.78 is 15.2. The number of hydrogen-bond acceptors (Lipinski definition) is 5. The topological polar surface area (TPSA) is 66.4 Å². The lowest BCUT2D eigenvalue weighted by Gasteiger charge is -2.41. The summed E-state index contributed by atoms with van der Waals surface area (Å²) >= 11 is 0. The molecule has 5 rings (SSSR count). The van der Waals surface area contributed by atoms with E-state index in [9.17, 15) is 9.59 Å². The average molecular weight is 366 g/mol. The molecule has 3 aliphatic rings. The standard InChI is InChI=1S/C20H19FN4O2/c1-12-17-13(3-2-6-22-17)16-14(25(7-8-26)19(12)27)9-15(23-18(16)21)24-10-20(11-24)4-5-20/h2-3,6,8-9,12H,4-5,7,10-11H2,1H3. The van der Waals surface area contributed by atoms with Crippen LogP contribution in [0.15, 0.2) is 24.4 Å². The van der Waals surface area contributed by atoms with Crippen LogP contribution in [0.25, 0.3) is 11.1 Å². The fourth-order valence-electron chi connectivity index (χ4n) is 4.24. The van der Waals surface area contributed by atoms with Crippen molar-refractivity contribution in [3.63, 3.8) is 0 Å². The number of amides is 1. The Labute approximate surface area is 156 Å². The predicted molar refractivity (Wildman–Crippen MR) is 98.1 cm³/mol. The molecule has 1 unspecified atom stereocenters. The average Bonchev–Trinajstić information content (AvgIpc) is 3.44. The molecule has 7 heteroatoms. The molecule has 1 spiro atoms. The lowest BCUT2D eigenvalue weighted by atomic mass is 9.96. The van der Waals surface area contributed by atoms with E-state index < -0.39 is 11.9 Å². The number of halogens is 1. The quantitative estimate of drug-likeness (QED) is 0.617.